The number of rotatable bonds is 10. The minimum atomic E-state index is -0.787. The molecule has 1 amide bonds. The lowest BCUT2D eigenvalue weighted by Gasteiger charge is -2.27. The number of aryl methyl sites for hydroxylation is 1. The number of aliphatic carboxylic acids is 1. The van der Waals surface area contributed by atoms with Crippen molar-refractivity contribution in [1.29, 1.82) is 0 Å². The number of alkyl halides is 1. The fourth-order valence-corrected chi connectivity index (χ4v) is 5.01. The van der Waals surface area contributed by atoms with Crippen LogP contribution in [-0.4, -0.2) is 58.4 Å². The lowest BCUT2D eigenvalue weighted by Crippen LogP contribution is -2.29. The molecule has 1 fully saturated rings. The van der Waals surface area contributed by atoms with Gasteiger partial charge in [-0.1, -0.05) is 11.6 Å². The van der Waals surface area contributed by atoms with Gasteiger partial charge >= 0.3 is 12.1 Å². The number of ether oxygens (including phenoxy) is 2. The Labute approximate surface area is 207 Å². The highest BCUT2D eigenvalue weighted by molar-refractivity contribution is 7.19. The van der Waals surface area contributed by atoms with Crippen LogP contribution in [0.15, 0.2) is 12.3 Å². The zero-order valence-corrected chi connectivity index (χ0v) is 20.8. The summed E-state index contributed by atoms with van der Waals surface area (Å²) >= 11 is 7.51. The highest BCUT2D eigenvalue weighted by Crippen LogP contribution is 2.35. The van der Waals surface area contributed by atoms with Gasteiger partial charge in [0, 0.05) is 19.2 Å². The third-order valence-electron chi connectivity index (χ3n) is 5.73. The van der Waals surface area contributed by atoms with Gasteiger partial charge in [-0.3, -0.25) is 9.18 Å². The Morgan fingerprint density at radius 2 is 2.15 bits per heavy atom. The maximum atomic E-state index is 12.3. The maximum absolute atomic E-state index is 12.3. The number of hydrogen-bond donors (Lipinski definition) is 1. The summed E-state index contributed by atoms with van der Waals surface area (Å²) in [6, 6.07) is 1.72. The van der Waals surface area contributed by atoms with Crippen molar-refractivity contribution in [2.75, 3.05) is 20.3 Å². The molecular formula is C23H29ClFN3O5S. The van der Waals surface area contributed by atoms with Crippen LogP contribution < -0.4 is 4.74 Å². The zero-order chi connectivity index (χ0) is 24.7. The van der Waals surface area contributed by atoms with Crippen molar-refractivity contribution < 1.29 is 28.6 Å². The molecule has 8 nitrogen and oxygen atoms in total. The molecule has 0 unspecified atom stereocenters. The molecule has 34 heavy (non-hydrogen) atoms. The van der Waals surface area contributed by atoms with Crippen molar-refractivity contribution in [2.45, 2.75) is 58.2 Å². The number of carboxylic acid groups (broad SMARTS) is 1. The second kappa shape index (κ2) is 12.3. The summed E-state index contributed by atoms with van der Waals surface area (Å²) in [4.78, 5) is 34.6. The summed E-state index contributed by atoms with van der Waals surface area (Å²) in [5, 5.41) is 9.29. The van der Waals surface area contributed by atoms with E-state index in [1.54, 1.807) is 26.2 Å². The number of carboxylic acids is 1. The number of thiophene rings is 1. The number of nitrogens with zero attached hydrogens (tertiary/aromatic N) is 3. The van der Waals surface area contributed by atoms with E-state index in [4.69, 9.17) is 21.1 Å². The molecule has 0 aliphatic heterocycles. The molecule has 3 rings (SSSR count). The van der Waals surface area contributed by atoms with Crippen molar-refractivity contribution in [3.63, 3.8) is 0 Å². The average molecular weight is 514 g/mol. The van der Waals surface area contributed by atoms with Gasteiger partial charge in [-0.05, 0) is 51.5 Å². The Balaban J connectivity index is 1.65. The van der Waals surface area contributed by atoms with Crippen LogP contribution in [0.3, 0.4) is 0 Å². The van der Waals surface area contributed by atoms with Crippen LogP contribution >= 0.6 is 22.9 Å². The normalized spacial score (nSPS) is 17.9. The van der Waals surface area contributed by atoms with Gasteiger partial charge in [0.25, 0.3) is 0 Å². The molecule has 0 radical (unpaired) electrons. The maximum Gasteiger partial charge on any atom is 0.409 e. The third kappa shape index (κ3) is 7.02. The molecule has 2 aromatic rings. The first-order valence-corrected chi connectivity index (χ1v) is 12.4. The first-order valence-electron chi connectivity index (χ1n) is 11.2. The molecule has 0 spiro atoms. The monoisotopic (exact) mass is 513 g/mol. The minimum absolute atomic E-state index is 0.00411. The smallest absolute Gasteiger partial charge is 0.409 e. The van der Waals surface area contributed by atoms with E-state index >= 15 is 0 Å². The quantitative estimate of drug-likeness (QED) is 0.418. The van der Waals surface area contributed by atoms with E-state index in [0.717, 1.165) is 12.8 Å². The molecule has 0 bridgehead atoms. The van der Waals surface area contributed by atoms with Crippen molar-refractivity contribution >= 4 is 35.0 Å². The van der Waals surface area contributed by atoms with Crippen LogP contribution in [-0.2, 0) is 16.1 Å². The van der Waals surface area contributed by atoms with Crippen LogP contribution in [0, 0.1) is 12.8 Å². The highest BCUT2D eigenvalue weighted by Gasteiger charge is 2.28. The molecule has 0 saturated heterocycles. The lowest BCUT2D eigenvalue weighted by atomic mass is 9.87. The number of carbonyl (C=O) groups excluding carboxylic acids is 1. The molecule has 1 aliphatic carbocycles. The first kappa shape index (κ1) is 26.2. The molecule has 11 heteroatoms. The Morgan fingerprint density at radius 3 is 2.85 bits per heavy atom. The molecule has 186 valence electrons. The summed E-state index contributed by atoms with van der Waals surface area (Å²) in [5.74, 6) is -0.215. The fourth-order valence-electron chi connectivity index (χ4n) is 3.81. The van der Waals surface area contributed by atoms with Crippen LogP contribution in [0.1, 0.15) is 49.8 Å². The summed E-state index contributed by atoms with van der Waals surface area (Å²) in [5.41, 5.74) is 1.31. The predicted octanol–water partition coefficient (Wildman–Crippen LogP) is 5.51. The minimum Gasteiger partial charge on any atom is -0.487 e. The first-order chi connectivity index (χ1) is 16.3. The van der Waals surface area contributed by atoms with E-state index in [0.29, 0.717) is 64.3 Å². The number of carbonyl (C=O) groups is 2. The van der Waals surface area contributed by atoms with Gasteiger partial charge in [0.15, 0.2) is 11.6 Å². The molecule has 2 aromatic heterocycles. The summed E-state index contributed by atoms with van der Waals surface area (Å²) in [7, 11) is 1.61. The Bertz CT molecular complexity index is 1000. The summed E-state index contributed by atoms with van der Waals surface area (Å²) in [6.45, 7) is 1.81. The number of hydrogen-bond acceptors (Lipinski definition) is 7. The SMILES string of the molecule is Cc1nc(-c2sc(Cl)cc2COC(=O)N(C)CCCCF)ncc1O[C@H]1CCC[C@H](C(=O)O)C1. The van der Waals surface area contributed by atoms with Crippen molar-refractivity contribution in [1.82, 2.24) is 14.9 Å². The van der Waals surface area contributed by atoms with Gasteiger partial charge in [-0.25, -0.2) is 14.8 Å². The largest absolute Gasteiger partial charge is 0.487 e. The van der Waals surface area contributed by atoms with E-state index < -0.39 is 18.7 Å². The number of aromatic nitrogens is 2. The highest BCUT2D eigenvalue weighted by atomic mass is 35.5. The van der Waals surface area contributed by atoms with E-state index in [1.165, 1.54) is 16.2 Å². The van der Waals surface area contributed by atoms with Crippen LogP contribution in [0.4, 0.5) is 9.18 Å². The Hall–Kier alpha value is -2.46. The molecule has 2 heterocycles. The van der Waals surface area contributed by atoms with Crippen molar-refractivity contribution in [3.05, 3.63) is 27.9 Å². The van der Waals surface area contributed by atoms with E-state index in [2.05, 4.69) is 9.97 Å². The molecule has 2 atom stereocenters. The van der Waals surface area contributed by atoms with Gasteiger partial charge in [0.1, 0.15) is 6.61 Å². The standard InChI is InChI=1S/C23H29ClFN3O5S/c1-14-18(33-17-7-5-6-15(10-17)22(29)30)12-26-21(27-14)20-16(11-19(24)34-20)13-32-23(31)28(2)9-4-3-8-25/h11-12,15,17H,3-10,13H2,1-2H3,(H,29,30)/t15-,17-/m0/s1. The van der Waals surface area contributed by atoms with E-state index in [-0.39, 0.29) is 18.6 Å². The number of unbranched alkanes of at least 4 members (excludes halogenated alkanes) is 1. The second-order valence-corrected chi connectivity index (χ2v) is 10.0. The Morgan fingerprint density at radius 1 is 1.35 bits per heavy atom. The van der Waals surface area contributed by atoms with Gasteiger partial charge in [0.2, 0.25) is 0 Å². The van der Waals surface area contributed by atoms with Crippen LogP contribution in [0.2, 0.25) is 4.34 Å². The van der Waals surface area contributed by atoms with Gasteiger partial charge in [-0.15, -0.1) is 11.3 Å². The zero-order valence-electron chi connectivity index (χ0n) is 19.3. The van der Waals surface area contributed by atoms with Crippen LogP contribution in [0.5, 0.6) is 5.75 Å². The molecular weight excluding hydrogens is 485 g/mol. The number of halogens is 2. The van der Waals surface area contributed by atoms with E-state index in [9.17, 15) is 19.1 Å². The predicted molar refractivity (Wildman–Crippen MR) is 127 cm³/mol. The molecule has 0 aromatic carbocycles. The van der Waals surface area contributed by atoms with E-state index in [1.807, 2.05) is 0 Å². The van der Waals surface area contributed by atoms with Gasteiger partial charge in [0.05, 0.1) is 39.8 Å². The van der Waals surface area contributed by atoms with Crippen molar-refractivity contribution in [3.8, 4) is 16.5 Å². The average Bonchev–Trinajstić information content (AvgIpc) is 3.19. The Kier molecular flexibility index (Phi) is 9.46. The molecule has 1 N–H and O–H groups in total. The van der Waals surface area contributed by atoms with Gasteiger partial charge in [-0.2, -0.15) is 0 Å². The fraction of sp³-hybridized carbons (Fsp3) is 0.565. The molecule has 1 aliphatic rings. The second-order valence-electron chi connectivity index (χ2n) is 8.36. The summed E-state index contributed by atoms with van der Waals surface area (Å²) in [6.07, 6.45) is 4.61. The van der Waals surface area contributed by atoms with Gasteiger partial charge < -0.3 is 19.5 Å². The van der Waals surface area contributed by atoms with Crippen LogP contribution in [0.25, 0.3) is 10.7 Å². The molecule has 1 saturated carbocycles. The summed E-state index contributed by atoms with van der Waals surface area (Å²) < 4.78 is 24.2. The third-order valence-corrected chi connectivity index (χ3v) is 7.03. The topological polar surface area (TPSA) is 102 Å². The number of amides is 1. The van der Waals surface area contributed by atoms with Crippen molar-refractivity contribution in [2.24, 2.45) is 5.92 Å². The lowest BCUT2D eigenvalue weighted by molar-refractivity contribution is -0.143.